The lowest BCUT2D eigenvalue weighted by atomic mass is 10.1. The fourth-order valence-electron chi connectivity index (χ4n) is 2.48. The summed E-state index contributed by atoms with van der Waals surface area (Å²) < 4.78 is 21.1. The smallest absolute Gasteiger partial charge is 0.231 e. The van der Waals surface area contributed by atoms with E-state index in [9.17, 15) is 4.79 Å². The van der Waals surface area contributed by atoms with Crippen LogP contribution in [0.1, 0.15) is 12.0 Å². The summed E-state index contributed by atoms with van der Waals surface area (Å²) >= 11 is 0. The monoisotopic (exact) mass is 329 g/mol. The molecule has 1 N–H and O–H groups in total. The number of carbonyl (C=O) groups is 1. The Balaban J connectivity index is 1.61. The number of amides is 1. The van der Waals surface area contributed by atoms with Crippen LogP contribution in [-0.2, 0) is 11.2 Å². The highest BCUT2D eigenvalue weighted by Gasteiger charge is 2.14. The first-order valence-electron chi connectivity index (χ1n) is 7.60. The Hall–Kier alpha value is -2.89. The molecule has 2 aromatic rings. The van der Waals surface area contributed by atoms with Gasteiger partial charge in [-0.1, -0.05) is 6.07 Å². The van der Waals surface area contributed by atoms with Crippen LogP contribution >= 0.6 is 0 Å². The van der Waals surface area contributed by atoms with E-state index in [2.05, 4.69) is 5.32 Å². The Morgan fingerprint density at radius 1 is 1.08 bits per heavy atom. The Morgan fingerprint density at radius 2 is 1.92 bits per heavy atom. The number of anilines is 1. The van der Waals surface area contributed by atoms with Gasteiger partial charge < -0.3 is 24.3 Å². The summed E-state index contributed by atoms with van der Waals surface area (Å²) in [6.45, 7) is 0.245. The van der Waals surface area contributed by atoms with Crippen molar-refractivity contribution in [2.45, 2.75) is 12.8 Å². The zero-order valence-corrected chi connectivity index (χ0v) is 13.6. The molecule has 0 aromatic heterocycles. The summed E-state index contributed by atoms with van der Waals surface area (Å²) in [5.41, 5.74) is 1.61. The first-order chi connectivity index (χ1) is 11.7. The molecule has 126 valence electrons. The van der Waals surface area contributed by atoms with Gasteiger partial charge in [0.25, 0.3) is 0 Å². The molecular formula is C18H19NO5. The average Bonchev–Trinajstić information content (AvgIpc) is 3.07. The van der Waals surface area contributed by atoms with Crippen molar-refractivity contribution >= 4 is 11.6 Å². The molecule has 0 aliphatic carbocycles. The molecular weight excluding hydrogens is 310 g/mol. The van der Waals surface area contributed by atoms with Crippen LogP contribution in [0.4, 0.5) is 5.69 Å². The summed E-state index contributed by atoms with van der Waals surface area (Å²) in [5.74, 6) is 2.61. The maximum absolute atomic E-state index is 12.2. The lowest BCUT2D eigenvalue weighted by Gasteiger charge is -2.11. The van der Waals surface area contributed by atoms with Gasteiger partial charge in [-0.15, -0.1) is 0 Å². The molecule has 24 heavy (non-hydrogen) atoms. The van der Waals surface area contributed by atoms with Crippen LogP contribution in [0, 0.1) is 0 Å². The summed E-state index contributed by atoms with van der Waals surface area (Å²) in [4.78, 5) is 12.2. The van der Waals surface area contributed by atoms with E-state index in [0.717, 1.165) is 17.1 Å². The normalized spacial score (nSPS) is 11.9. The van der Waals surface area contributed by atoms with E-state index in [1.165, 1.54) is 0 Å². The van der Waals surface area contributed by atoms with Crippen molar-refractivity contribution in [1.82, 2.24) is 0 Å². The fraction of sp³-hybridized carbons (Fsp3) is 0.278. The maximum atomic E-state index is 12.2. The van der Waals surface area contributed by atoms with Gasteiger partial charge in [-0.25, -0.2) is 0 Å². The third-order valence-corrected chi connectivity index (χ3v) is 3.76. The number of carbonyl (C=O) groups excluding carboxylic acids is 1. The number of ether oxygens (including phenoxy) is 4. The highest BCUT2D eigenvalue weighted by molar-refractivity contribution is 5.92. The fourth-order valence-corrected chi connectivity index (χ4v) is 2.48. The molecule has 0 fully saturated rings. The first kappa shape index (κ1) is 16.0. The van der Waals surface area contributed by atoms with Gasteiger partial charge >= 0.3 is 0 Å². The van der Waals surface area contributed by atoms with Crippen LogP contribution < -0.4 is 24.3 Å². The van der Waals surface area contributed by atoms with Crippen molar-refractivity contribution in [3.63, 3.8) is 0 Å². The van der Waals surface area contributed by atoms with Gasteiger partial charge in [0.1, 0.15) is 11.5 Å². The van der Waals surface area contributed by atoms with Crippen LogP contribution in [0.25, 0.3) is 0 Å². The van der Waals surface area contributed by atoms with Crippen molar-refractivity contribution in [3.05, 3.63) is 42.0 Å². The zero-order chi connectivity index (χ0) is 16.9. The first-order valence-corrected chi connectivity index (χ1v) is 7.60. The van der Waals surface area contributed by atoms with Crippen molar-refractivity contribution in [3.8, 4) is 23.0 Å². The minimum atomic E-state index is -0.0979. The van der Waals surface area contributed by atoms with Crippen molar-refractivity contribution < 1.29 is 23.7 Å². The molecule has 0 spiro atoms. The predicted molar refractivity (Wildman–Crippen MR) is 89.1 cm³/mol. The number of nitrogens with one attached hydrogen (secondary N) is 1. The molecule has 1 aliphatic rings. The van der Waals surface area contributed by atoms with E-state index in [0.29, 0.717) is 30.0 Å². The molecule has 1 amide bonds. The Kier molecular flexibility index (Phi) is 4.74. The molecule has 1 heterocycles. The maximum Gasteiger partial charge on any atom is 0.231 e. The zero-order valence-electron chi connectivity index (χ0n) is 13.6. The number of fused-ring (bicyclic) bond motifs is 1. The molecule has 0 bridgehead atoms. The quantitative estimate of drug-likeness (QED) is 0.882. The number of methoxy groups -OCH3 is 2. The SMILES string of the molecule is COc1ccc(OC)c(NC(=O)CCc2ccc3c(c2)OCO3)c1. The van der Waals surface area contributed by atoms with E-state index in [1.807, 2.05) is 18.2 Å². The summed E-state index contributed by atoms with van der Waals surface area (Å²) in [7, 11) is 3.14. The molecule has 0 unspecified atom stereocenters. The third-order valence-electron chi connectivity index (χ3n) is 3.76. The third kappa shape index (κ3) is 3.53. The van der Waals surface area contributed by atoms with Crippen molar-refractivity contribution in [2.75, 3.05) is 26.3 Å². The number of hydrogen-bond donors (Lipinski definition) is 1. The second-order valence-corrected chi connectivity index (χ2v) is 5.30. The Labute approximate surface area is 140 Å². The lowest BCUT2D eigenvalue weighted by Crippen LogP contribution is -2.13. The molecule has 6 nitrogen and oxygen atoms in total. The largest absolute Gasteiger partial charge is 0.497 e. The van der Waals surface area contributed by atoms with Crippen LogP contribution in [0.2, 0.25) is 0 Å². The number of benzene rings is 2. The van der Waals surface area contributed by atoms with Gasteiger partial charge in [0.05, 0.1) is 19.9 Å². The highest BCUT2D eigenvalue weighted by atomic mass is 16.7. The summed E-state index contributed by atoms with van der Waals surface area (Å²) in [6.07, 6.45) is 0.953. The van der Waals surface area contributed by atoms with Gasteiger partial charge in [0.2, 0.25) is 12.7 Å². The van der Waals surface area contributed by atoms with Gasteiger partial charge in [-0.2, -0.15) is 0 Å². The van der Waals surface area contributed by atoms with Gasteiger partial charge in [-0.05, 0) is 36.2 Å². The minimum absolute atomic E-state index is 0.0979. The molecule has 0 saturated carbocycles. The highest BCUT2D eigenvalue weighted by Crippen LogP contribution is 2.33. The standard InChI is InChI=1S/C18H19NO5/c1-21-13-5-7-15(22-2)14(10-13)19-18(20)8-4-12-3-6-16-17(9-12)24-11-23-16/h3,5-7,9-10H,4,8,11H2,1-2H3,(H,19,20). The number of aryl methyl sites for hydroxylation is 1. The van der Waals surface area contributed by atoms with Crippen LogP contribution in [-0.4, -0.2) is 26.9 Å². The van der Waals surface area contributed by atoms with E-state index < -0.39 is 0 Å². The van der Waals surface area contributed by atoms with Gasteiger partial charge in [0, 0.05) is 12.5 Å². The molecule has 1 aliphatic heterocycles. The summed E-state index contributed by atoms with van der Waals surface area (Å²) in [5, 5.41) is 2.86. The van der Waals surface area contributed by atoms with Crippen LogP contribution in [0.15, 0.2) is 36.4 Å². The van der Waals surface area contributed by atoms with E-state index >= 15 is 0 Å². The molecule has 6 heteroatoms. The second-order valence-electron chi connectivity index (χ2n) is 5.30. The number of rotatable bonds is 6. The van der Waals surface area contributed by atoms with Crippen molar-refractivity contribution in [1.29, 1.82) is 0 Å². The Morgan fingerprint density at radius 3 is 2.71 bits per heavy atom. The van der Waals surface area contributed by atoms with Crippen LogP contribution in [0.5, 0.6) is 23.0 Å². The molecule has 0 saturated heterocycles. The minimum Gasteiger partial charge on any atom is -0.497 e. The van der Waals surface area contributed by atoms with Crippen molar-refractivity contribution in [2.24, 2.45) is 0 Å². The molecule has 3 rings (SSSR count). The van der Waals surface area contributed by atoms with Crippen LogP contribution in [0.3, 0.4) is 0 Å². The van der Waals surface area contributed by atoms with Gasteiger partial charge in [0.15, 0.2) is 11.5 Å². The predicted octanol–water partition coefficient (Wildman–Crippen LogP) is 3.00. The summed E-state index contributed by atoms with van der Waals surface area (Å²) in [6, 6.07) is 11.0. The van der Waals surface area contributed by atoms with E-state index in [4.69, 9.17) is 18.9 Å². The topological polar surface area (TPSA) is 66.0 Å². The Bertz CT molecular complexity index is 744. The molecule has 0 radical (unpaired) electrons. The second kappa shape index (κ2) is 7.12. The van der Waals surface area contributed by atoms with Gasteiger partial charge in [-0.3, -0.25) is 4.79 Å². The average molecular weight is 329 g/mol. The molecule has 2 aromatic carbocycles. The number of hydrogen-bond acceptors (Lipinski definition) is 5. The van der Waals surface area contributed by atoms with E-state index in [1.54, 1.807) is 32.4 Å². The lowest BCUT2D eigenvalue weighted by molar-refractivity contribution is -0.116. The molecule has 0 atom stereocenters. The van der Waals surface area contributed by atoms with E-state index in [-0.39, 0.29) is 12.7 Å².